The van der Waals surface area contributed by atoms with Crippen molar-refractivity contribution in [1.29, 1.82) is 0 Å². The first kappa shape index (κ1) is 8.06. The van der Waals surface area contributed by atoms with Gasteiger partial charge in [-0.2, -0.15) is 0 Å². The van der Waals surface area contributed by atoms with Crippen LogP contribution in [0, 0.1) is 11.8 Å². The number of ether oxygens (including phenoxy) is 1. The molecule has 0 aromatic heterocycles. The first-order chi connectivity index (χ1) is 4.70. The molecule has 10 heavy (non-hydrogen) atoms. The van der Waals surface area contributed by atoms with Gasteiger partial charge in [0.05, 0.1) is 6.10 Å². The summed E-state index contributed by atoms with van der Waals surface area (Å²) in [5.41, 5.74) is 0. The van der Waals surface area contributed by atoms with E-state index in [2.05, 4.69) is 20.8 Å². The van der Waals surface area contributed by atoms with Crippen LogP contribution in [-0.4, -0.2) is 12.7 Å². The van der Waals surface area contributed by atoms with Crippen LogP contribution >= 0.6 is 0 Å². The number of hydrogen-bond donors (Lipinski definition) is 0. The summed E-state index contributed by atoms with van der Waals surface area (Å²) in [5, 5.41) is 0. The Morgan fingerprint density at radius 1 is 1.30 bits per heavy atom. The van der Waals surface area contributed by atoms with Crippen LogP contribution in [0.4, 0.5) is 0 Å². The monoisotopic (exact) mass is 142 g/mol. The summed E-state index contributed by atoms with van der Waals surface area (Å²) in [5.74, 6) is 1.49. The largest absolute Gasteiger partial charge is 0.378 e. The molecule has 1 aliphatic heterocycles. The van der Waals surface area contributed by atoms with Gasteiger partial charge in [0.15, 0.2) is 0 Å². The molecule has 0 radical (unpaired) electrons. The Morgan fingerprint density at radius 2 is 2.00 bits per heavy atom. The molecule has 1 aliphatic rings. The molecule has 1 rings (SSSR count). The van der Waals surface area contributed by atoms with E-state index >= 15 is 0 Å². The molecule has 1 heteroatoms. The van der Waals surface area contributed by atoms with Crippen molar-refractivity contribution in [2.75, 3.05) is 6.61 Å². The third kappa shape index (κ3) is 1.98. The molecule has 1 fully saturated rings. The molecule has 0 saturated carbocycles. The predicted octanol–water partition coefficient (Wildman–Crippen LogP) is 2.46. The molecule has 0 N–H and O–H groups in total. The zero-order valence-electron chi connectivity index (χ0n) is 7.26. The van der Waals surface area contributed by atoms with Crippen LogP contribution in [-0.2, 0) is 4.74 Å². The zero-order chi connectivity index (χ0) is 7.56. The maximum atomic E-state index is 5.65. The van der Waals surface area contributed by atoms with E-state index in [-0.39, 0.29) is 0 Å². The summed E-state index contributed by atoms with van der Waals surface area (Å²) >= 11 is 0. The van der Waals surface area contributed by atoms with Gasteiger partial charge in [-0.05, 0) is 24.7 Å². The molecule has 0 unspecified atom stereocenters. The second-order valence-corrected chi connectivity index (χ2v) is 3.80. The summed E-state index contributed by atoms with van der Waals surface area (Å²) in [4.78, 5) is 0. The minimum absolute atomic E-state index is 0.538. The standard InChI is InChI=1S/C9H18O/c1-7(2)9-5-4-8(3)6-10-9/h7-9H,4-6H2,1-3H3/t8-,9-/m1/s1. The average molecular weight is 142 g/mol. The lowest BCUT2D eigenvalue weighted by Gasteiger charge is -2.29. The Balaban J connectivity index is 2.26. The van der Waals surface area contributed by atoms with Gasteiger partial charge in [0.2, 0.25) is 0 Å². The molecular formula is C9H18O. The second kappa shape index (κ2) is 3.38. The van der Waals surface area contributed by atoms with Gasteiger partial charge in [-0.1, -0.05) is 20.8 Å². The van der Waals surface area contributed by atoms with Crippen LogP contribution < -0.4 is 0 Å². The van der Waals surface area contributed by atoms with Gasteiger partial charge in [0.25, 0.3) is 0 Å². The minimum atomic E-state index is 0.538. The molecule has 0 aliphatic carbocycles. The van der Waals surface area contributed by atoms with Gasteiger partial charge in [-0.25, -0.2) is 0 Å². The molecule has 0 spiro atoms. The predicted molar refractivity (Wildman–Crippen MR) is 43.0 cm³/mol. The molecule has 0 aromatic carbocycles. The Kier molecular flexibility index (Phi) is 2.72. The maximum absolute atomic E-state index is 5.65. The third-order valence-electron chi connectivity index (χ3n) is 2.28. The summed E-state index contributed by atoms with van der Waals surface area (Å²) < 4.78 is 5.65. The highest BCUT2D eigenvalue weighted by atomic mass is 16.5. The number of rotatable bonds is 1. The summed E-state index contributed by atoms with van der Waals surface area (Å²) in [7, 11) is 0. The molecule has 60 valence electrons. The van der Waals surface area contributed by atoms with Gasteiger partial charge >= 0.3 is 0 Å². The Bertz CT molecular complexity index is 90.9. The molecule has 1 heterocycles. The van der Waals surface area contributed by atoms with Crippen molar-refractivity contribution >= 4 is 0 Å². The average Bonchev–Trinajstić information content (AvgIpc) is 1.88. The fraction of sp³-hybridized carbons (Fsp3) is 1.00. The van der Waals surface area contributed by atoms with Crippen molar-refractivity contribution in [2.24, 2.45) is 11.8 Å². The van der Waals surface area contributed by atoms with Gasteiger partial charge in [-0.3, -0.25) is 0 Å². The quantitative estimate of drug-likeness (QED) is 0.546. The van der Waals surface area contributed by atoms with Crippen LogP contribution in [0.15, 0.2) is 0 Å². The van der Waals surface area contributed by atoms with Crippen molar-refractivity contribution in [1.82, 2.24) is 0 Å². The van der Waals surface area contributed by atoms with Crippen LogP contribution in [0.1, 0.15) is 33.6 Å². The van der Waals surface area contributed by atoms with Gasteiger partial charge in [0.1, 0.15) is 0 Å². The highest BCUT2D eigenvalue weighted by molar-refractivity contribution is 4.69. The molecule has 0 aromatic rings. The highest BCUT2D eigenvalue weighted by Gasteiger charge is 2.20. The molecule has 0 amide bonds. The van der Waals surface area contributed by atoms with E-state index < -0.39 is 0 Å². The van der Waals surface area contributed by atoms with Crippen molar-refractivity contribution in [3.63, 3.8) is 0 Å². The fourth-order valence-electron chi connectivity index (χ4n) is 1.43. The Morgan fingerprint density at radius 3 is 2.40 bits per heavy atom. The van der Waals surface area contributed by atoms with Crippen molar-refractivity contribution in [3.8, 4) is 0 Å². The Labute approximate surface area is 63.8 Å². The van der Waals surface area contributed by atoms with Crippen LogP contribution in [0.2, 0.25) is 0 Å². The molecule has 2 atom stereocenters. The first-order valence-corrected chi connectivity index (χ1v) is 4.31. The van der Waals surface area contributed by atoms with E-state index in [0.717, 1.165) is 12.5 Å². The summed E-state index contributed by atoms with van der Waals surface area (Å²) in [6, 6.07) is 0. The maximum Gasteiger partial charge on any atom is 0.0598 e. The Hall–Kier alpha value is -0.0400. The van der Waals surface area contributed by atoms with Crippen molar-refractivity contribution in [3.05, 3.63) is 0 Å². The van der Waals surface area contributed by atoms with Crippen LogP contribution in [0.5, 0.6) is 0 Å². The topological polar surface area (TPSA) is 9.23 Å². The normalized spacial score (nSPS) is 34.8. The smallest absolute Gasteiger partial charge is 0.0598 e. The van der Waals surface area contributed by atoms with Gasteiger partial charge in [-0.15, -0.1) is 0 Å². The molecule has 0 bridgehead atoms. The highest BCUT2D eigenvalue weighted by Crippen LogP contribution is 2.22. The summed E-state index contributed by atoms with van der Waals surface area (Å²) in [6.45, 7) is 7.71. The van der Waals surface area contributed by atoms with Crippen LogP contribution in [0.25, 0.3) is 0 Å². The molecular weight excluding hydrogens is 124 g/mol. The summed E-state index contributed by atoms with van der Waals surface area (Å²) in [6.07, 6.45) is 3.15. The SMILES string of the molecule is CC(C)[C@H]1CC[C@@H](C)CO1. The number of hydrogen-bond acceptors (Lipinski definition) is 1. The minimum Gasteiger partial charge on any atom is -0.378 e. The fourth-order valence-corrected chi connectivity index (χ4v) is 1.43. The van der Waals surface area contributed by atoms with Crippen molar-refractivity contribution in [2.45, 2.75) is 39.7 Å². The second-order valence-electron chi connectivity index (χ2n) is 3.80. The lowest BCUT2D eigenvalue weighted by molar-refractivity contribution is -0.0351. The van der Waals surface area contributed by atoms with E-state index in [1.165, 1.54) is 12.8 Å². The van der Waals surface area contributed by atoms with Gasteiger partial charge < -0.3 is 4.74 Å². The van der Waals surface area contributed by atoms with E-state index in [0.29, 0.717) is 12.0 Å². The third-order valence-corrected chi connectivity index (χ3v) is 2.28. The van der Waals surface area contributed by atoms with E-state index in [1.54, 1.807) is 0 Å². The molecule has 1 nitrogen and oxygen atoms in total. The van der Waals surface area contributed by atoms with E-state index in [1.807, 2.05) is 0 Å². The van der Waals surface area contributed by atoms with E-state index in [9.17, 15) is 0 Å². The van der Waals surface area contributed by atoms with Crippen LogP contribution in [0.3, 0.4) is 0 Å². The lowest BCUT2D eigenvalue weighted by Crippen LogP contribution is -2.28. The first-order valence-electron chi connectivity index (χ1n) is 4.31. The van der Waals surface area contributed by atoms with E-state index in [4.69, 9.17) is 4.74 Å². The lowest BCUT2D eigenvalue weighted by atomic mass is 9.94. The molecule has 1 saturated heterocycles. The zero-order valence-corrected chi connectivity index (χ0v) is 7.26. The van der Waals surface area contributed by atoms with Crippen molar-refractivity contribution < 1.29 is 4.74 Å². The van der Waals surface area contributed by atoms with Gasteiger partial charge in [0, 0.05) is 6.61 Å².